The summed E-state index contributed by atoms with van der Waals surface area (Å²) < 4.78 is 14.1. The molecule has 2 nitrogen and oxygen atoms in total. The highest BCUT2D eigenvalue weighted by atomic mass is 19.1. The summed E-state index contributed by atoms with van der Waals surface area (Å²) in [5, 5.41) is 3.50. The molecule has 2 fully saturated rings. The molecule has 1 aromatic rings. The van der Waals surface area contributed by atoms with Gasteiger partial charge in [0.25, 0.3) is 0 Å². The maximum Gasteiger partial charge on any atom is 0.127 e. The Labute approximate surface area is 127 Å². The van der Waals surface area contributed by atoms with E-state index in [9.17, 15) is 4.39 Å². The maximum atomic E-state index is 14.1. The third-order valence-corrected chi connectivity index (χ3v) is 4.43. The van der Waals surface area contributed by atoms with E-state index in [1.807, 2.05) is 6.07 Å². The second kappa shape index (κ2) is 6.89. The number of hydrogen-bond donors (Lipinski definition) is 1. The molecule has 0 unspecified atom stereocenters. The lowest BCUT2D eigenvalue weighted by atomic mass is 10.1. The zero-order valence-corrected chi connectivity index (χ0v) is 13.1. The van der Waals surface area contributed by atoms with Crippen molar-refractivity contribution in [3.63, 3.8) is 0 Å². The first-order valence-electron chi connectivity index (χ1n) is 8.47. The van der Waals surface area contributed by atoms with Crippen LogP contribution in [0.15, 0.2) is 18.2 Å². The highest BCUT2D eigenvalue weighted by Crippen LogP contribution is 2.30. The summed E-state index contributed by atoms with van der Waals surface area (Å²) in [7, 11) is 0. The van der Waals surface area contributed by atoms with Gasteiger partial charge in [0.05, 0.1) is 0 Å². The fraction of sp³-hybridized carbons (Fsp3) is 0.667. The van der Waals surface area contributed by atoms with Crippen LogP contribution >= 0.6 is 0 Å². The summed E-state index contributed by atoms with van der Waals surface area (Å²) in [5.41, 5.74) is 2.07. The lowest BCUT2D eigenvalue weighted by Crippen LogP contribution is -2.27. The topological polar surface area (TPSA) is 15.3 Å². The molecular weight excluding hydrogens is 263 g/mol. The van der Waals surface area contributed by atoms with Gasteiger partial charge in [-0.15, -0.1) is 0 Å². The standard InChI is InChI=1S/C18H27FN2/c1-2-9-21(12-14-3-4-14)13-16-10-15(5-8-18(16)19)11-20-17-6-7-17/h5,8,10,14,17,20H,2-4,6-7,9,11-13H2,1H3. The Bertz CT molecular complexity index is 466. The molecule has 0 spiro atoms. The first-order valence-corrected chi connectivity index (χ1v) is 8.47. The summed E-state index contributed by atoms with van der Waals surface area (Å²) in [6.45, 7) is 6.03. The van der Waals surface area contributed by atoms with Gasteiger partial charge in [-0.05, 0) is 56.2 Å². The molecule has 2 aliphatic carbocycles. The molecule has 0 amide bonds. The van der Waals surface area contributed by atoms with Gasteiger partial charge in [-0.1, -0.05) is 19.1 Å². The summed E-state index contributed by atoms with van der Waals surface area (Å²) in [4.78, 5) is 2.42. The Balaban J connectivity index is 1.61. The average Bonchev–Trinajstić information content (AvgIpc) is 3.34. The molecule has 0 atom stereocenters. The van der Waals surface area contributed by atoms with Crippen molar-refractivity contribution in [2.24, 2.45) is 5.92 Å². The molecule has 0 saturated heterocycles. The second-order valence-corrected chi connectivity index (χ2v) is 6.76. The molecule has 3 heteroatoms. The van der Waals surface area contributed by atoms with E-state index in [-0.39, 0.29) is 5.82 Å². The van der Waals surface area contributed by atoms with E-state index in [4.69, 9.17) is 0 Å². The number of nitrogens with zero attached hydrogens (tertiary/aromatic N) is 1. The van der Waals surface area contributed by atoms with Crippen LogP contribution in [0.4, 0.5) is 4.39 Å². The molecular formula is C18H27FN2. The highest BCUT2D eigenvalue weighted by Gasteiger charge is 2.24. The molecule has 3 rings (SSSR count). The van der Waals surface area contributed by atoms with Gasteiger partial charge in [0, 0.05) is 31.2 Å². The predicted octanol–water partition coefficient (Wildman–Crippen LogP) is 3.70. The minimum Gasteiger partial charge on any atom is -0.310 e. The first kappa shape index (κ1) is 15.0. The van der Waals surface area contributed by atoms with E-state index < -0.39 is 0 Å². The normalized spacial score (nSPS) is 18.4. The van der Waals surface area contributed by atoms with Crippen LogP contribution in [0.25, 0.3) is 0 Å². The summed E-state index contributed by atoms with van der Waals surface area (Å²) >= 11 is 0. The van der Waals surface area contributed by atoms with Crippen LogP contribution < -0.4 is 5.32 Å². The summed E-state index contributed by atoms with van der Waals surface area (Å²) in [5.74, 6) is 0.807. The summed E-state index contributed by atoms with van der Waals surface area (Å²) in [6, 6.07) is 6.31. The molecule has 21 heavy (non-hydrogen) atoms. The third kappa shape index (κ3) is 4.79. The predicted molar refractivity (Wildman–Crippen MR) is 84.6 cm³/mol. The Morgan fingerprint density at radius 1 is 1.24 bits per heavy atom. The minimum atomic E-state index is -0.0536. The monoisotopic (exact) mass is 290 g/mol. The SMILES string of the molecule is CCCN(Cc1cc(CNC2CC2)ccc1F)CC1CC1. The molecule has 0 heterocycles. The van der Waals surface area contributed by atoms with E-state index in [1.54, 1.807) is 6.07 Å². The molecule has 2 saturated carbocycles. The summed E-state index contributed by atoms with van der Waals surface area (Å²) in [6.07, 6.45) is 6.43. The van der Waals surface area contributed by atoms with Gasteiger partial charge in [-0.2, -0.15) is 0 Å². The number of rotatable bonds is 9. The molecule has 0 aromatic heterocycles. The number of nitrogens with one attached hydrogen (secondary N) is 1. The quantitative estimate of drug-likeness (QED) is 0.746. The third-order valence-electron chi connectivity index (χ3n) is 4.43. The van der Waals surface area contributed by atoms with Gasteiger partial charge >= 0.3 is 0 Å². The molecule has 0 bridgehead atoms. The zero-order valence-electron chi connectivity index (χ0n) is 13.1. The van der Waals surface area contributed by atoms with Crippen LogP contribution in [-0.4, -0.2) is 24.0 Å². The number of hydrogen-bond acceptors (Lipinski definition) is 2. The molecule has 0 radical (unpaired) electrons. The molecule has 1 N–H and O–H groups in total. The van der Waals surface area contributed by atoms with Crippen molar-refractivity contribution < 1.29 is 4.39 Å². The first-order chi connectivity index (χ1) is 10.2. The van der Waals surface area contributed by atoms with Gasteiger partial charge in [-0.3, -0.25) is 4.90 Å². The van der Waals surface area contributed by atoms with E-state index in [1.165, 1.54) is 31.2 Å². The van der Waals surface area contributed by atoms with Gasteiger partial charge < -0.3 is 5.32 Å². The van der Waals surface area contributed by atoms with Crippen LogP contribution in [0.5, 0.6) is 0 Å². The smallest absolute Gasteiger partial charge is 0.127 e. The highest BCUT2D eigenvalue weighted by molar-refractivity contribution is 5.25. The van der Waals surface area contributed by atoms with Crippen LogP contribution in [0, 0.1) is 11.7 Å². The maximum absolute atomic E-state index is 14.1. The van der Waals surface area contributed by atoms with E-state index in [0.717, 1.165) is 44.1 Å². The second-order valence-electron chi connectivity index (χ2n) is 6.76. The van der Waals surface area contributed by atoms with Crippen molar-refractivity contribution in [2.75, 3.05) is 13.1 Å². The van der Waals surface area contributed by atoms with Crippen molar-refractivity contribution in [3.8, 4) is 0 Å². The van der Waals surface area contributed by atoms with Crippen molar-refractivity contribution in [2.45, 2.75) is 58.2 Å². The van der Waals surface area contributed by atoms with Crippen LogP contribution in [0.2, 0.25) is 0 Å². The molecule has 0 aliphatic heterocycles. The Kier molecular flexibility index (Phi) is 4.91. The lowest BCUT2D eigenvalue weighted by Gasteiger charge is -2.22. The van der Waals surface area contributed by atoms with Crippen LogP contribution in [-0.2, 0) is 13.1 Å². The Morgan fingerprint density at radius 3 is 2.71 bits per heavy atom. The van der Waals surface area contributed by atoms with Crippen molar-refractivity contribution >= 4 is 0 Å². The van der Waals surface area contributed by atoms with Crippen molar-refractivity contribution in [3.05, 3.63) is 35.1 Å². The van der Waals surface area contributed by atoms with E-state index in [0.29, 0.717) is 6.04 Å². The van der Waals surface area contributed by atoms with Gasteiger partial charge in [0.15, 0.2) is 0 Å². The Morgan fingerprint density at radius 2 is 2.05 bits per heavy atom. The number of halogens is 1. The largest absolute Gasteiger partial charge is 0.310 e. The minimum absolute atomic E-state index is 0.0536. The fourth-order valence-electron chi connectivity index (χ4n) is 2.87. The van der Waals surface area contributed by atoms with Crippen LogP contribution in [0.3, 0.4) is 0 Å². The molecule has 116 valence electrons. The lowest BCUT2D eigenvalue weighted by molar-refractivity contribution is 0.251. The Hall–Kier alpha value is -0.930. The van der Waals surface area contributed by atoms with Gasteiger partial charge in [0.2, 0.25) is 0 Å². The molecule has 2 aliphatic rings. The van der Waals surface area contributed by atoms with Crippen LogP contribution in [0.1, 0.15) is 50.2 Å². The van der Waals surface area contributed by atoms with Gasteiger partial charge in [-0.25, -0.2) is 4.39 Å². The van der Waals surface area contributed by atoms with Crippen molar-refractivity contribution in [1.82, 2.24) is 10.2 Å². The van der Waals surface area contributed by atoms with E-state index >= 15 is 0 Å². The number of benzene rings is 1. The van der Waals surface area contributed by atoms with E-state index in [2.05, 4.69) is 23.2 Å². The fourth-order valence-corrected chi connectivity index (χ4v) is 2.87. The zero-order chi connectivity index (χ0) is 14.7. The van der Waals surface area contributed by atoms with Gasteiger partial charge in [0.1, 0.15) is 5.82 Å². The van der Waals surface area contributed by atoms with Crippen molar-refractivity contribution in [1.29, 1.82) is 0 Å². The average molecular weight is 290 g/mol. The molecule has 1 aromatic carbocycles.